The molecule has 0 amide bonds. The van der Waals surface area contributed by atoms with Gasteiger partial charge in [0.2, 0.25) is 0 Å². The average molecular weight is 210 g/mol. The summed E-state index contributed by atoms with van der Waals surface area (Å²) in [7, 11) is 1.80. The Morgan fingerprint density at radius 2 is 2.00 bits per heavy atom. The fourth-order valence-corrected chi connectivity index (χ4v) is 1.24. The summed E-state index contributed by atoms with van der Waals surface area (Å²) in [5.74, 6) is 1.43. The highest BCUT2D eigenvalue weighted by Crippen LogP contribution is 2.16. The van der Waals surface area contributed by atoms with Crippen LogP contribution >= 0.6 is 0 Å². The lowest BCUT2D eigenvalue weighted by Gasteiger charge is -2.25. The molecule has 0 aliphatic rings. The monoisotopic (exact) mass is 210 g/mol. The van der Waals surface area contributed by atoms with Gasteiger partial charge in [0.05, 0.1) is 12.4 Å². The first-order valence-corrected chi connectivity index (χ1v) is 4.96. The Morgan fingerprint density at radius 1 is 1.33 bits per heavy atom. The Kier molecular flexibility index (Phi) is 3.85. The molecule has 0 saturated heterocycles. The van der Waals surface area contributed by atoms with E-state index in [2.05, 4.69) is 20.6 Å². The maximum atomic E-state index is 8.89. The highest BCUT2D eigenvalue weighted by molar-refractivity contribution is 5.42. The van der Waals surface area contributed by atoms with E-state index in [1.54, 1.807) is 19.4 Å². The van der Waals surface area contributed by atoms with Crippen molar-refractivity contribution in [2.75, 3.05) is 24.3 Å². The maximum Gasteiger partial charge on any atom is 0.147 e. The summed E-state index contributed by atoms with van der Waals surface area (Å²) in [5.41, 5.74) is -0.185. The number of nitrogens with one attached hydrogen (secondary N) is 2. The molecule has 0 unspecified atom stereocenters. The SMILES string of the molecule is CNc1cncc(NC(C)(C)CCO)n1. The van der Waals surface area contributed by atoms with Crippen molar-refractivity contribution in [2.24, 2.45) is 0 Å². The number of rotatable bonds is 5. The minimum absolute atomic E-state index is 0.152. The number of aliphatic hydroxyl groups excluding tert-OH is 1. The molecular weight excluding hydrogens is 192 g/mol. The van der Waals surface area contributed by atoms with E-state index < -0.39 is 0 Å². The lowest BCUT2D eigenvalue weighted by atomic mass is 10.0. The van der Waals surface area contributed by atoms with Gasteiger partial charge in [-0.3, -0.25) is 4.98 Å². The van der Waals surface area contributed by atoms with Crippen molar-refractivity contribution >= 4 is 11.6 Å². The van der Waals surface area contributed by atoms with Crippen molar-refractivity contribution in [3.63, 3.8) is 0 Å². The molecule has 0 atom stereocenters. The largest absolute Gasteiger partial charge is 0.396 e. The van der Waals surface area contributed by atoms with E-state index in [9.17, 15) is 0 Å². The highest BCUT2D eigenvalue weighted by Gasteiger charge is 2.17. The summed E-state index contributed by atoms with van der Waals surface area (Å²) >= 11 is 0. The zero-order valence-electron chi connectivity index (χ0n) is 9.41. The number of aliphatic hydroxyl groups is 1. The lowest BCUT2D eigenvalue weighted by Crippen LogP contribution is -2.32. The molecule has 0 bridgehead atoms. The average Bonchev–Trinajstić information content (AvgIpc) is 2.17. The summed E-state index contributed by atoms with van der Waals surface area (Å²) in [6.07, 6.45) is 3.99. The molecular formula is C10H18N4O. The molecule has 15 heavy (non-hydrogen) atoms. The van der Waals surface area contributed by atoms with E-state index in [1.807, 2.05) is 13.8 Å². The topological polar surface area (TPSA) is 70.1 Å². The van der Waals surface area contributed by atoms with Crippen molar-refractivity contribution in [1.82, 2.24) is 9.97 Å². The van der Waals surface area contributed by atoms with Crippen LogP contribution < -0.4 is 10.6 Å². The van der Waals surface area contributed by atoms with Crippen LogP contribution in [-0.2, 0) is 0 Å². The van der Waals surface area contributed by atoms with Crippen LogP contribution in [0.5, 0.6) is 0 Å². The standard InChI is InChI=1S/C10H18N4O/c1-10(2,4-5-15)14-9-7-12-6-8(11-3)13-9/h6-7,15H,4-5H2,1-3H3,(H2,11,13,14). The third-order valence-electron chi connectivity index (χ3n) is 2.09. The van der Waals surface area contributed by atoms with Crippen molar-refractivity contribution in [3.8, 4) is 0 Å². The Morgan fingerprint density at radius 3 is 2.60 bits per heavy atom. The Balaban J connectivity index is 2.71. The van der Waals surface area contributed by atoms with E-state index in [-0.39, 0.29) is 12.1 Å². The number of aromatic nitrogens is 2. The minimum atomic E-state index is -0.185. The van der Waals surface area contributed by atoms with Crippen LogP contribution in [0.1, 0.15) is 20.3 Å². The molecule has 0 spiro atoms. The van der Waals surface area contributed by atoms with Gasteiger partial charge in [-0.25, -0.2) is 4.98 Å². The van der Waals surface area contributed by atoms with Gasteiger partial charge in [0.25, 0.3) is 0 Å². The summed E-state index contributed by atoms with van der Waals surface area (Å²) in [6, 6.07) is 0. The first-order valence-electron chi connectivity index (χ1n) is 4.96. The summed E-state index contributed by atoms with van der Waals surface area (Å²) in [4.78, 5) is 8.34. The van der Waals surface area contributed by atoms with Gasteiger partial charge in [-0.1, -0.05) is 0 Å². The van der Waals surface area contributed by atoms with E-state index in [4.69, 9.17) is 5.11 Å². The van der Waals surface area contributed by atoms with E-state index >= 15 is 0 Å². The van der Waals surface area contributed by atoms with Crippen LogP contribution in [0, 0.1) is 0 Å². The maximum absolute atomic E-state index is 8.89. The van der Waals surface area contributed by atoms with Gasteiger partial charge >= 0.3 is 0 Å². The van der Waals surface area contributed by atoms with Crippen LogP contribution in [-0.4, -0.2) is 34.3 Å². The predicted octanol–water partition coefficient (Wildman–Crippen LogP) is 1.09. The lowest BCUT2D eigenvalue weighted by molar-refractivity contribution is 0.260. The van der Waals surface area contributed by atoms with Gasteiger partial charge in [0, 0.05) is 19.2 Å². The Hall–Kier alpha value is -1.36. The highest BCUT2D eigenvalue weighted by atomic mass is 16.3. The smallest absolute Gasteiger partial charge is 0.147 e. The molecule has 1 heterocycles. The van der Waals surface area contributed by atoms with Gasteiger partial charge in [0.1, 0.15) is 11.6 Å². The molecule has 0 radical (unpaired) electrons. The first-order chi connectivity index (χ1) is 7.07. The number of nitrogens with zero attached hydrogens (tertiary/aromatic N) is 2. The van der Waals surface area contributed by atoms with Crippen LogP contribution in [0.15, 0.2) is 12.4 Å². The molecule has 5 nitrogen and oxygen atoms in total. The number of hydrogen-bond donors (Lipinski definition) is 3. The summed E-state index contributed by atoms with van der Waals surface area (Å²) in [5, 5.41) is 15.0. The number of hydrogen-bond acceptors (Lipinski definition) is 5. The Bertz CT molecular complexity index is 314. The van der Waals surface area contributed by atoms with Crippen LogP contribution in [0.2, 0.25) is 0 Å². The second-order valence-electron chi connectivity index (χ2n) is 4.02. The zero-order valence-corrected chi connectivity index (χ0v) is 9.41. The van der Waals surface area contributed by atoms with E-state index in [0.29, 0.717) is 12.2 Å². The minimum Gasteiger partial charge on any atom is -0.396 e. The third-order valence-corrected chi connectivity index (χ3v) is 2.09. The van der Waals surface area contributed by atoms with Crippen molar-refractivity contribution in [3.05, 3.63) is 12.4 Å². The van der Waals surface area contributed by atoms with Gasteiger partial charge < -0.3 is 15.7 Å². The van der Waals surface area contributed by atoms with Crippen LogP contribution in [0.3, 0.4) is 0 Å². The first kappa shape index (κ1) is 11.7. The molecule has 1 aromatic rings. The van der Waals surface area contributed by atoms with Gasteiger partial charge in [0.15, 0.2) is 0 Å². The molecule has 84 valence electrons. The van der Waals surface area contributed by atoms with Gasteiger partial charge in [-0.05, 0) is 20.3 Å². The summed E-state index contributed by atoms with van der Waals surface area (Å²) in [6.45, 7) is 4.17. The van der Waals surface area contributed by atoms with Crippen LogP contribution in [0.4, 0.5) is 11.6 Å². The molecule has 3 N–H and O–H groups in total. The zero-order chi connectivity index (χ0) is 11.3. The quantitative estimate of drug-likeness (QED) is 0.678. The van der Waals surface area contributed by atoms with Gasteiger partial charge in [-0.15, -0.1) is 0 Å². The second-order valence-corrected chi connectivity index (χ2v) is 4.02. The third kappa shape index (κ3) is 3.71. The Labute approximate surface area is 90.0 Å². The van der Waals surface area contributed by atoms with Crippen LogP contribution in [0.25, 0.3) is 0 Å². The normalized spacial score (nSPS) is 11.2. The molecule has 0 fully saturated rings. The van der Waals surface area contributed by atoms with Crippen molar-refractivity contribution in [1.29, 1.82) is 0 Å². The van der Waals surface area contributed by atoms with Gasteiger partial charge in [-0.2, -0.15) is 0 Å². The molecule has 1 aromatic heterocycles. The van der Waals surface area contributed by atoms with E-state index in [0.717, 1.165) is 5.82 Å². The fourth-order valence-electron chi connectivity index (χ4n) is 1.24. The molecule has 0 saturated carbocycles. The molecule has 0 aromatic carbocycles. The fraction of sp³-hybridized carbons (Fsp3) is 0.600. The molecule has 0 aliphatic carbocycles. The second kappa shape index (κ2) is 4.93. The molecule has 0 aliphatic heterocycles. The predicted molar refractivity (Wildman–Crippen MR) is 61.0 cm³/mol. The number of anilines is 2. The van der Waals surface area contributed by atoms with Crippen molar-refractivity contribution in [2.45, 2.75) is 25.8 Å². The molecule has 1 rings (SSSR count). The van der Waals surface area contributed by atoms with E-state index in [1.165, 1.54) is 0 Å². The van der Waals surface area contributed by atoms with Crippen molar-refractivity contribution < 1.29 is 5.11 Å². The summed E-state index contributed by atoms with van der Waals surface area (Å²) < 4.78 is 0. The molecule has 5 heteroatoms.